The first-order valence-electron chi connectivity index (χ1n) is 6.10. The molecule has 0 aromatic heterocycles. The van der Waals surface area contributed by atoms with Crippen LogP contribution in [0.15, 0.2) is 0 Å². The van der Waals surface area contributed by atoms with Crippen molar-refractivity contribution in [1.82, 2.24) is 4.31 Å². The lowest BCUT2D eigenvalue weighted by molar-refractivity contribution is -0.138. The van der Waals surface area contributed by atoms with Gasteiger partial charge in [0.1, 0.15) is 0 Å². The third-order valence-corrected chi connectivity index (χ3v) is 5.14. The van der Waals surface area contributed by atoms with Crippen molar-refractivity contribution in [2.75, 3.05) is 19.7 Å². The molecule has 8 heteroatoms. The molecule has 1 heterocycles. The number of ether oxygens (including phenoxy) is 1. The van der Waals surface area contributed by atoms with E-state index in [4.69, 9.17) is 15.1 Å². The van der Waals surface area contributed by atoms with E-state index >= 15 is 0 Å². The molecule has 0 aromatic rings. The molecule has 1 unspecified atom stereocenters. The highest BCUT2D eigenvalue weighted by Gasteiger charge is 2.32. The Morgan fingerprint density at radius 1 is 1.53 bits per heavy atom. The number of aliphatic carboxylic acids is 1. The number of nitriles is 1. The molecule has 19 heavy (non-hydrogen) atoms. The maximum absolute atomic E-state index is 11.9. The van der Waals surface area contributed by atoms with Gasteiger partial charge >= 0.3 is 5.97 Å². The van der Waals surface area contributed by atoms with Crippen LogP contribution in [-0.4, -0.2) is 54.8 Å². The van der Waals surface area contributed by atoms with Crippen LogP contribution in [0.4, 0.5) is 0 Å². The molecule has 0 aromatic carbocycles. The molecule has 0 spiro atoms. The minimum atomic E-state index is -3.55. The summed E-state index contributed by atoms with van der Waals surface area (Å²) < 4.78 is 30.5. The van der Waals surface area contributed by atoms with E-state index in [0.717, 1.165) is 0 Å². The van der Waals surface area contributed by atoms with Crippen LogP contribution in [0.25, 0.3) is 0 Å². The Labute approximate surface area is 112 Å². The number of sulfonamides is 1. The summed E-state index contributed by atoms with van der Waals surface area (Å²) in [6.45, 7) is 2.13. The fourth-order valence-electron chi connectivity index (χ4n) is 1.86. The highest BCUT2D eigenvalue weighted by atomic mass is 32.2. The smallest absolute Gasteiger partial charge is 0.305 e. The van der Waals surface area contributed by atoms with Crippen molar-refractivity contribution in [1.29, 1.82) is 5.26 Å². The van der Waals surface area contributed by atoms with Crippen LogP contribution in [0.2, 0.25) is 0 Å². The zero-order valence-corrected chi connectivity index (χ0v) is 11.6. The van der Waals surface area contributed by atoms with Gasteiger partial charge in [-0.05, 0) is 19.8 Å². The molecule has 1 fully saturated rings. The largest absolute Gasteiger partial charge is 0.481 e. The van der Waals surface area contributed by atoms with E-state index in [1.165, 1.54) is 11.2 Å². The molecule has 1 atom stereocenters. The predicted octanol–water partition coefficient (Wildman–Crippen LogP) is 0.184. The number of piperidine rings is 1. The standard InChI is InChI=1S/C11H18N2O5S/c1-9(8-12)19(16,17)13-5-2-10(3-6-13)18-7-4-11(14)15/h9-10H,2-7H2,1H3,(H,14,15). The Morgan fingerprint density at radius 2 is 2.11 bits per heavy atom. The van der Waals surface area contributed by atoms with Gasteiger partial charge < -0.3 is 9.84 Å². The number of hydrogen-bond donors (Lipinski definition) is 1. The van der Waals surface area contributed by atoms with Crippen LogP contribution in [0.1, 0.15) is 26.2 Å². The van der Waals surface area contributed by atoms with Crippen molar-refractivity contribution in [3.8, 4) is 6.07 Å². The van der Waals surface area contributed by atoms with Crippen LogP contribution >= 0.6 is 0 Å². The second-order valence-corrected chi connectivity index (χ2v) is 6.68. The van der Waals surface area contributed by atoms with E-state index < -0.39 is 21.2 Å². The SMILES string of the molecule is CC(C#N)S(=O)(=O)N1CCC(OCCC(=O)O)CC1. The molecule has 1 aliphatic rings. The number of carboxylic acids is 1. The highest BCUT2D eigenvalue weighted by Crippen LogP contribution is 2.19. The summed E-state index contributed by atoms with van der Waals surface area (Å²) >= 11 is 0. The molecule has 0 radical (unpaired) electrons. The Balaban J connectivity index is 2.41. The predicted molar refractivity (Wildman–Crippen MR) is 66.8 cm³/mol. The highest BCUT2D eigenvalue weighted by molar-refractivity contribution is 7.89. The molecule has 1 rings (SSSR count). The van der Waals surface area contributed by atoms with E-state index in [9.17, 15) is 13.2 Å². The van der Waals surface area contributed by atoms with Crippen molar-refractivity contribution >= 4 is 16.0 Å². The van der Waals surface area contributed by atoms with Gasteiger partial charge in [-0.15, -0.1) is 0 Å². The zero-order valence-electron chi connectivity index (χ0n) is 10.8. The molecule has 0 amide bonds. The van der Waals surface area contributed by atoms with Crippen molar-refractivity contribution in [2.45, 2.75) is 37.5 Å². The van der Waals surface area contributed by atoms with Gasteiger partial charge in [0.15, 0.2) is 5.25 Å². The fourth-order valence-corrected chi connectivity index (χ4v) is 3.16. The maximum Gasteiger partial charge on any atom is 0.305 e. The molecule has 1 aliphatic heterocycles. The average Bonchev–Trinajstić information content (AvgIpc) is 2.38. The molecule has 0 saturated carbocycles. The van der Waals surface area contributed by atoms with E-state index in [1.54, 1.807) is 6.07 Å². The van der Waals surface area contributed by atoms with Crippen LogP contribution in [0.5, 0.6) is 0 Å². The molecular weight excluding hydrogens is 272 g/mol. The average molecular weight is 290 g/mol. The summed E-state index contributed by atoms with van der Waals surface area (Å²) in [4.78, 5) is 10.3. The van der Waals surface area contributed by atoms with Crippen molar-refractivity contribution in [3.05, 3.63) is 0 Å². The Morgan fingerprint density at radius 3 is 2.58 bits per heavy atom. The number of hydrogen-bond acceptors (Lipinski definition) is 5. The summed E-state index contributed by atoms with van der Waals surface area (Å²) in [7, 11) is -3.55. The molecule has 0 bridgehead atoms. The van der Waals surface area contributed by atoms with E-state index in [-0.39, 0.29) is 19.1 Å². The normalized spacial score (nSPS) is 19.8. The van der Waals surface area contributed by atoms with Gasteiger partial charge in [0.05, 0.1) is 25.2 Å². The topological polar surface area (TPSA) is 108 Å². The van der Waals surface area contributed by atoms with Gasteiger partial charge in [0.25, 0.3) is 0 Å². The van der Waals surface area contributed by atoms with Gasteiger partial charge in [-0.3, -0.25) is 4.79 Å². The Bertz CT molecular complexity index is 448. The van der Waals surface area contributed by atoms with E-state index in [1.807, 2.05) is 0 Å². The number of rotatable bonds is 6. The summed E-state index contributed by atoms with van der Waals surface area (Å²) in [6.07, 6.45) is 0.890. The Hall–Kier alpha value is -1.17. The van der Waals surface area contributed by atoms with Crippen molar-refractivity contribution < 1.29 is 23.1 Å². The third-order valence-electron chi connectivity index (χ3n) is 3.06. The van der Waals surface area contributed by atoms with Crippen LogP contribution in [-0.2, 0) is 19.6 Å². The first kappa shape index (κ1) is 15.9. The molecule has 1 saturated heterocycles. The first-order chi connectivity index (χ1) is 8.87. The lowest BCUT2D eigenvalue weighted by Gasteiger charge is -2.31. The van der Waals surface area contributed by atoms with E-state index in [2.05, 4.69) is 0 Å². The quantitative estimate of drug-likeness (QED) is 0.748. The number of carbonyl (C=O) groups is 1. The lowest BCUT2D eigenvalue weighted by atomic mass is 10.1. The number of carboxylic acid groups (broad SMARTS) is 1. The zero-order chi connectivity index (χ0) is 14.5. The second-order valence-electron chi connectivity index (χ2n) is 4.43. The van der Waals surface area contributed by atoms with Gasteiger partial charge in [0, 0.05) is 13.1 Å². The molecule has 7 nitrogen and oxygen atoms in total. The molecule has 0 aliphatic carbocycles. The van der Waals surface area contributed by atoms with Gasteiger partial charge in [-0.2, -0.15) is 5.26 Å². The Kier molecular flexibility index (Phi) is 5.72. The van der Waals surface area contributed by atoms with Crippen molar-refractivity contribution in [3.63, 3.8) is 0 Å². The second kappa shape index (κ2) is 6.84. The van der Waals surface area contributed by atoms with Gasteiger partial charge in [-0.1, -0.05) is 0 Å². The maximum atomic E-state index is 11.9. The van der Waals surface area contributed by atoms with Crippen LogP contribution in [0, 0.1) is 11.3 Å². The van der Waals surface area contributed by atoms with E-state index in [0.29, 0.717) is 25.9 Å². The molecular formula is C11H18N2O5S. The van der Waals surface area contributed by atoms with Gasteiger partial charge in [-0.25, -0.2) is 12.7 Å². The minimum Gasteiger partial charge on any atom is -0.481 e. The molecule has 108 valence electrons. The minimum absolute atomic E-state index is 0.0516. The summed E-state index contributed by atoms with van der Waals surface area (Å²) in [5, 5.41) is 16.1. The van der Waals surface area contributed by atoms with Crippen LogP contribution in [0.3, 0.4) is 0 Å². The first-order valence-corrected chi connectivity index (χ1v) is 7.60. The summed E-state index contributed by atoms with van der Waals surface area (Å²) in [5.41, 5.74) is 0. The van der Waals surface area contributed by atoms with Gasteiger partial charge in [0.2, 0.25) is 10.0 Å². The van der Waals surface area contributed by atoms with Crippen LogP contribution < -0.4 is 0 Å². The molecule has 1 N–H and O–H groups in total. The summed E-state index contributed by atoms with van der Waals surface area (Å²) in [5.74, 6) is -0.914. The summed E-state index contributed by atoms with van der Waals surface area (Å²) in [6, 6.07) is 1.73. The number of nitrogens with zero attached hydrogens (tertiary/aromatic N) is 2. The third kappa shape index (κ3) is 4.45. The monoisotopic (exact) mass is 290 g/mol. The fraction of sp³-hybridized carbons (Fsp3) is 0.818. The lowest BCUT2D eigenvalue weighted by Crippen LogP contribution is -2.44. The van der Waals surface area contributed by atoms with Crippen molar-refractivity contribution in [2.24, 2.45) is 0 Å².